The van der Waals surface area contributed by atoms with E-state index in [2.05, 4.69) is 0 Å². The molecule has 0 heterocycles. The van der Waals surface area contributed by atoms with Gasteiger partial charge in [0.25, 0.3) is 0 Å². The van der Waals surface area contributed by atoms with Crippen molar-refractivity contribution in [3.8, 4) is 0 Å². The molecule has 0 aliphatic heterocycles. The van der Waals surface area contributed by atoms with E-state index in [0.29, 0.717) is 4.90 Å². The second-order valence-electron chi connectivity index (χ2n) is 4.64. The summed E-state index contributed by atoms with van der Waals surface area (Å²) in [7, 11) is 1.64. The first-order valence-electron chi connectivity index (χ1n) is 5.63. The second-order valence-corrected chi connectivity index (χ2v) is 5.66. The van der Waals surface area contributed by atoms with Crippen LogP contribution in [0.25, 0.3) is 0 Å². The van der Waals surface area contributed by atoms with Crippen molar-refractivity contribution < 1.29 is 14.3 Å². The van der Waals surface area contributed by atoms with Gasteiger partial charge < -0.3 is 10.0 Å². The summed E-state index contributed by atoms with van der Waals surface area (Å²) in [6, 6.07) is 6.36. The topological polar surface area (TPSA) is 40.5 Å². The zero-order valence-electron chi connectivity index (χ0n) is 10.8. The standard InChI is InChI=1S/C13H18FNO2S/c1-13(2,9-16)15(3)12(17)8-18-11-7-5-4-6-10(11)14/h4-7,16H,8-9H2,1-3H3. The number of rotatable bonds is 5. The Hall–Kier alpha value is -1.07. The highest BCUT2D eigenvalue weighted by Crippen LogP contribution is 2.22. The third kappa shape index (κ3) is 3.71. The first-order valence-corrected chi connectivity index (χ1v) is 6.62. The predicted octanol–water partition coefficient (Wildman–Crippen LogP) is 2.15. The van der Waals surface area contributed by atoms with Crippen LogP contribution in [0.4, 0.5) is 4.39 Å². The Morgan fingerprint density at radius 3 is 2.61 bits per heavy atom. The number of hydrogen-bond acceptors (Lipinski definition) is 3. The van der Waals surface area contributed by atoms with E-state index in [1.54, 1.807) is 39.1 Å². The number of halogens is 1. The van der Waals surface area contributed by atoms with Crippen LogP contribution in [0.5, 0.6) is 0 Å². The zero-order valence-corrected chi connectivity index (χ0v) is 11.6. The minimum Gasteiger partial charge on any atom is -0.394 e. The molecule has 1 N–H and O–H groups in total. The van der Waals surface area contributed by atoms with Gasteiger partial charge in [0, 0.05) is 11.9 Å². The van der Waals surface area contributed by atoms with Crippen LogP contribution in [0.15, 0.2) is 29.2 Å². The molecule has 0 atom stereocenters. The van der Waals surface area contributed by atoms with Crippen LogP contribution < -0.4 is 0 Å². The third-order valence-electron chi connectivity index (χ3n) is 2.86. The Labute approximate surface area is 111 Å². The fourth-order valence-electron chi connectivity index (χ4n) is 1.24. The molecule has 18 heavy (non-hydrogen) atoms. The minimum atomic E-state index is -0.604. The maximum Gasteiger partial charge on any atom is 0.233 e. The van der Waals surface area contributed by atoms with Gasteiger partial charge in [-0.25, -0.2) is 4.39 Å². The highest BCUT2D eigenvalue weighted by atomic mass is 32.2. The lowest BCUT2D eigenvalue weighted by Crippen LogP contribution is -2.48. The monoisotopic (exact) mass is 271 g/mol. The minimum absolute atomic E-state index is 0.112. The maximum absolute atomic E-state index is 13.4. The molecule has 1 amide bonds. The molecule has 1 aromatic rings. The number of nitrogens with zero attached hydrogens (tertiary/aromatic N) is 1. The number of carbonyl (C=O) groups excluding carboxylic acids is 1. The predicted molar refractivity (Wildman–Crippen MR) is 71.1 cm³/mol. The van der Waals surface area contributed by atoms with Gasteiger partial charge in [-0.1, -0.05) is 12.1 Å². The average Bonchev–Trinajstić information content (AvgIpc) is 2.36. The van der Waals surface area contributed by atoms with E-state index < -0.39 is 5.54 Å². The molecule has 1 aromatic carbocycles. The number of thioether (sulfide) groups is 1. The molecule has 0 saturated carbocycles. The van der Waals surface area contributed by atoms with E-state index in [1.165, 1.54) is 11.0 Å². The number of amides is 1. The molecule has 0 aromatic heterocycles. The molecule has 3 nitrogen and oxygen atoms in total. The Kier molecular flexibility index (Phi) is 5.16. The summed E-state index contributed by atoms with van der Waals surface area (Å²) >= 11 is 1.16. The summed E-state index contributed by atoms with van der Waals surface area (Å²) in [5.41, 5.74) is -0.604. The van der Waals surface area contributed by atoms with Crippen molar-refractivity contribution >= 4 is 17.7 Å². The Morgan fingerprint density at radius 1 is 1.44 bits per heavy atom. The molecule has 0 unspecified atom stereocenters. The van der Waals surface area contributed by atoms with Gasteiger partial charge >= 0.3 is 0 Å². The summed E-state index contributed by atoms with van der Waals surface area (Å²) in [6.45, 7) is 3.44. The van der Waals surface area contributed by atoms with E-state index in [-0.39, 0.29) is 24.1 Å². The van der Waals surface area contributed by atoms with Crippen molar-refractivity contribution in [1.82, 2.24) is 4.90 Å². The Morgan fingerprint density at radius 2 is 2.06 bits per heavy atom. The number of benzene rings is 1. The van der Waals surface area contributed by atoms with Gasteiger partial charge in [-0.3, -0.25) is 4.79 Å². The lowest BCUT2D eigenvalue weighted by atomic mass is 10.1. The van der Waals surface area contributed by atoms with Gasteiger partial charge in [0.1, 0.15) is 5.82 Å². The van der Waals surface area contributed by atoms with Gasteiger partial charge in [0.2, 0.25) is 5.91 Å². The molecule has 1 rings (SSSR count). The molecule has 0 aliphatic carbocycles. The van der Waals surface area contributed by atoms with Crippen molar-refractivity contribution in [1.29, 1.82) is 0 Å². The van der Waals surface area contributed by atoms with E-state index in [4.69, 9.17) is 0 Å². The first kappa shape index (κ1) is 15.0. The van der Waals surface area contributed by atoms with Gasteiger partial charge in [0.05, 0.1) is 17.9 Å². The van der Waals surface area contributed by atoms with Crippen molar-refractivity contribution in [3.05, 3.63) is 30.1 Å². The number of aliphatic hydroxyl groups is 1. The molecular weight excluding hydrogens is 253 g/mol. The number of aliphatic hydroxyl groups excluding tert-OH is 1. The lowest BCUT2D eigenvalue weighted by molar-refractivity contribution is -0.133. The van der Waals surface area contributed by atoms with E-state index in [9.17, 15) is 14.3 Å². The zero-order chi connectivity index (χ0) is 13.8. The van der Waals surface area contributed by atoms with Crippen molar-refractivity contribution in [3.63, 3.8) is 0 Å². The molecular formula is C13H18FNO2S. The number of carbonyl (C=O) groups is 1. The van der Waals surface area contributed by atoms with Crippen molar-refractivity contribution in [2.75, 3.05) is 19.4 Å². The van der Waals surface area contributed by atoms with Gasteiger partial charge in [-0.2, -0.15) is 0 Å². The van der Waals surface area contributed by atoms with Crippen LogP contribution in [-0.4, -0.2) is 40.9 Å². The quantitative estimate of drug-likeness (QED) is 0.834. The van der Waals surface area contributed by atoms with Crippen LogP contribution in [0, 0.1) is 5.82 Å². The Bertz CT molecular complexity index is 423. The lowest BCUT2D eigenvalue weighted by Gasteiger charge is -2.33. The van der Waals surface area contributed by atoms with Gasteiger partial charge in [-0.05, 0) is 26.0 Å². The SMILES string of the molecule is CN(C(=O)CSc1ccccc1F)C(C)(C)CO. The molecule has 0 aliphatic rings. The van der Waals surface area contributed by atoms with Crippen LogP contribution >= 0.6 is 11.8 Å². The van der Waals surface area contributed by atoms with Crippen LogP contribution in [0.1, 0.15) is 13.8 Å². The van der Waals surface area contributed by atoms with E-state index >= 15 is 0 Å². The summed E-state index contributed by atoms with van der Waals surface area (Å²) in [5, 5.41) is 9.18. The van der Waals surface area contributed by atoms with Gasteiger partial charge in [0.15, 0.2) is 0 Å². The van der Waals surface area contributed by atoms with Crippen molar-refractivity contribution in [2.45, 2.75) is 24.3 Å². The van der Waals surface area contributed by atoms with Crippen LogP contribution in [-0.2, 0) is 4.79 Å². The fraction of sp³-hybridized carbons (Fsp3) is 0.462. The second kappa shape index (κ2) is 6.20. The maximum atomic E-state index is 13.4. The van der Waals surface area contributed by atoms with Crippen LogP contribution in [0.3, 0.4) is 0 Å². The van der Waals surface area contributed by atoms with Crippen molar-refractivity contribution in [2.24, 2.45) is 0 Å². The first-order chi connectivity index (χ1) is 8.38. The molecule has 0 fully saturated rings. The molecule has 0 bridgehead atoms. The largest absolute Gasteiger partial charge is 0.394 e. The molecule has 0 spiro atoms. The summed E-state index contributed by atoms with van der Waals surface area (Å²) in [5.74, 6) is -0.303. The van der Waals surface area contributed by atoms with Gasteiger partial charge in [-0.15, -0.1) is 11.8 Å². The summed E-state index contributed by atoms with van der Waals surface area (Å²) in [6.07, 6.45) is 0. The fourth-order valence-corrected chi connectivity index (χ4v) is 2.10. The molecule has 0 radical (unpaired) electrons. The third-order valence-corrected chi connectivity index (χ3v) is 3.89. The molecule has 0 saturated heterocycles. The molecule has 5 heteroatoms. The number of likely N-dealkylation sites (N-methyl/N-ethyl adjacent to an activating group) is 1. The summed E-state index contributed by atoms with van der Waals surface area (Å²) in [4.78, 5) is 13.9. The van der Waals surface area contributed by atoms with Crippen LogP contribution in [0.2, 0.25) is 0 Å². The average molecular weight is 271 g/mol. The smallest absolute Gasteiger partial charge is 0.233 e. The summed E-state index contributed by atoms with van der Waals surface area (Å²) < 4.78 is 13.4. The molecule has 100 valence electrons. The number of hydrogen-bond donors (Lipinski definition) is 1. The highest BCUT2D eigenvalue weighted by molar-refractivity contribution is 8.00. The normalized spacial score (nSPS) is 11.4. The van der Waals surface area contributed by atoms with E-state index in [0.717, 1.165) is 11.8 Å². The van der Waals surface area contributed by atoms with E-state index in [1.807, 2.05) is 0 Å². The highest BCUT2D eigenvalue weighted by Gasteiger charge is 2.26. The Balaban J connectivity index is 2.59.